The number of hydrogen-bond acceptors (Lipinski definition) is 4. The minimum atomic E-state index is -0.400. The summed E-state index contributed by atoms with van der Waals surface area (Å²) in [5.74, 6) is -0.162. The maximum Gasteiger partial charge on any atom is 0.344 e. The average molecular weight is 792 g/mol. The maximum absolute atomic E-state index is 15.3. The molecule has 0 fully saturated rings. The molecule has 3 aromatic heterocycles. The molecule has 0 aliphatic heterocycles. The largest absolute Gasteiger partial charge is 0.422 e. The van der Waals surface area contributed by atoms with E-state index in [1.54, 1.807) is 0 Å². The highest BCUT2D eigenvalue weighted by molar-refractivity contribution is 6.35. The fraction of sp³-hybridized carbons (Fsp3) is 0.105. The SMILES string of the molecule is O=C1c2cc3c(cc2C2c4ccccc4C24c2ccccc2C14)c1cc2c(=O)oc4ccccc4c2c2c4cc5c(cc4n3c12)C(=O)C1c2ccccc2C12c1ccccc1C52. The fourth-order valence-corrected chi connectivity index (χ4v) is 14.9. The fourth-order valence-electron chi connectivity index (χ4n) is 14.9. The molecule has 3 heterocycles. The molecule has 17 rings (SSSR count). The summed E-state index contributed by atoms with van der Waals surface area (Å²) in [5, 5.41) is 6.15. The second-order valence-corrected chi connectivity index (χ2v) is 18.8. The van der Waals surface area contributed by atoms with Crippen LogP contribution in [0.4, 0.5) is 0 Å². The summed E-state index contributed by atoms with van der Waals surface area (Å²) in [6, 6.07) is 53.0. The second kappa shape index (κ2) is 9.62. The highest BCUT2D eigenvalue weighted by Gasteiger charge is 2.70. The van der Waals surface area contributed by atoms with Crippen LogP contribution in [0.25, 0.3) is 59.8 Å². The van der Waals surface area contributed by atoms with Crippen molar-refractivity contribution in [3.8, 4) is 0 Å². The number of Topliss-reactive ketones (excluding diaryl/α,β-unsaturated/α-hetero) is 2. The molecule has 6 atom stereocenters. The molecule has 0 bridgehead atoms. The van der Waals surface area contributed by atoms with Gasteiger partial charge in [0.25, 0.3) is 0 Å². The van der Waals surface area contributed by atoms with E-state index in [0.29, 0.717) is 11.0 Å². The van der Waals surface area contributed by atoms with Gasteiger partial charge in [0.05, 0.1) is 33.8 Å². The number of carbonyl (C=O) groups is 2. The zero-order valence-corrected chi connectivity index (χ0v) is 32.8. The van der Waals surface area contributed by atoms with Crippen LogP contribution >= 0.6 is 0 Å². The maximum atomic E-state index is 15.3. The van der Waals surface area contributed by atoms with Crippen LogP contribution in [0.5, 0.6) is 0 Å². The minimum absolute atomic E-state index is 0.0150. The van der Waals surface area contributed by atoms with Crippen LogP contribution in [0.3, 0.4) is 0 Å². The number of fused-ring (bicyclic) bond motifs is 22. The Balaban J connectivity index is 1.04. The van der Waals surface area contributed by atoms with Crippen LogP contribution < -0.4 is 5.63 Å². The van der Waals surface area contributed by atoms with E-state index in [1.807, 2.05) is 30.3 Å². The van der Waals surface area contributed by atoms with E-state index in [0.717, 1.165) is 82.2 Å². The molecule has 6 unspecified atom stereocenters. The Morgan fingerprint density at radius 2 is 0.871 bits per heavy atom. The molecule has 6 aliphatic rings. The van der Waals surface area contributed by atoms with Crippen molar-refractivity contribution in [2.75, 3.05) is 0 Å². The number of ketones is 2. The molecular weight excluding hydrogens is 763 g/mol. The van der Waals surface area contributed by atoms with Crippen molar-refractivity contribution in [1.29, 1.82) is 0 Å². The van der Waals surface area contributed by atoms with Crippen molar-refractivity contribution in [2.45, 2.75) is 34.5 Å². The Bertz CT molecular complexity index is 4170. The predicted molar refractivity (Wildman–Crippen MR) is 240 cm³/mol. The molecule has 11 aromatic rings. The smallest absolute Gasteiger partial charge is 0.344 e. The van der Waals surface area contributed by atoms with Gasteiger partial charge in [-0.05, 0) is 92.0 Å². The Morgan fingerprint density at radius 3 is 1.44 bits per heavy atom. The van der Waals surface area contributed by atoms with Crippen LogP contribution in [0, 0.1) is 0 Å². The molecule has 0 N–H and O–H groups in total. The number of carbonyl (C=O) groups excluding carboxylic acids is 2. The number of benzene rings is 8. The van der Waals surface area contributed by atoms with E-state index in [-0.39, 0.29) is 46.3 Å². The van der Waals surface area contributed by atoms with Gasteiger partial charge in [-0.2, -0.15) is 0 Å². The molecular formula is C57H29NO4. The summed E-state index contributed by atoms with van der Waals surface area (Å²) in [6.45, 7) is 0. The summed E-state index contributed by atoms with van der Waals surface area (Å²) in [4.78, 5) is 44.7. The third-order valence-electron chi connectivity index (χ3n) is 16.8. The van der Waals surface area contributed by atoms with Crippen molar-refractivity contribution >= 4 is 71.4 Å². The van der Waals surface area contributed by atoms with Crippen molar-refractivity contribution in [3.63, 3.8) is 0 Å². The van der Waals surface area contributed by atoms with E-state index in [4.69, 9.17) is 4.42 Å². The van der Waals surface area contributed by atoms with E-state index in [1.165, 1.54) is 33.4 Å². The molecule has 2 spiro atoms. The van der Waals surface area contributed by atoms with Crippen LogP contribution in [0.1, 0.15) is 100 Å². The first-order valence-corrected chi connectivity index (χ1v) is 21.7. The average Bonchev–Trinajstić information content (AvgIpc) is 3.77. The number of aromatic nitrogens is 1. The van der Waals surface area contributed by atoms with Crippen LogP contribution in [-0.2, 0) is 10.8 Å². The van der Waals surface area contributed by atoms with E-state index >= 15 is 9.59 Å². The second-order valence-electron chi connectivity index (χ2n) is 18.8. The van der Waals surface area contributed by atoms with Crippen molar-refractivity contribution in [2.24, 2.45) is 0 Å². The van der Waals surface area contributed by atoms with Crippen molar-refractivity contribution in [1.82, 2.24) is 4.40 Å². The lowest BCUT2D eigenvalue weighted by Crippen LogP contribution is -2.61. The molecule has 5 heteroatoms. The molecule has 286 valence electrons. The lowest BCUT2D eigenvalue weighted by Gasteiger charge is -2.64. The lowest BCUT2D eigenvalue weighted by molar-refractivity contribution is 0.0839. The molecule has 6 aliphatic carbocycles. The molecule has 0 radical (unpaired) electrons. The van der Waals surface area contributed by atoms with Crippen LogP contribution in [0.2, 0.25) is 0 Å². The van der Waals surface area contributed by atoms with E-state index < -0.39 is 5.41 Å². The highest BCUT2D eigenvalue weighted by atomic mass is 16.4. The monoisotopic (exact) mass is 791 g/mol. The van der Waals surface area contributed by atoms with Gasteiger partial charge >= 0.3 is 5.63 Å². The number of rotatable bonds is 0. The summed E-state index contributed by atoms with van der Waals surface area (Å²) in [6.07, 6.45) is 0. The molecule has 0 saturated carbocycles. The highest BCUT2D eigenvalue weighted by Crippen LogP contribution is 2.75. The molecule has 62 heavy (non-hydrogen) atoms. The van der Waals surface area contributed by atoms with Crippen molar-refractivity contribution in [3.05, 3.63) is 229 Å². The van der Waals surface area contributed by atoms with Gasteiger partial charge in [-0.3, -0.25) is 9.59 Å². The van der Waals surface area contributed by atoms with Crippen LogP contribution in [-0.4, -0.2) is 16.0 Å². The summed E-state index contributed by atoms with van der Waals surface area (Å²) in [7, 11) is 0. The first kappa shape index (κ1) is 31.3. The van der Waals surface area contributed by atoms with Crippen LogP contribution in [0.15, 0.2) is 161 Å². The van der Waals surface area contributed by atoms with Crippen molar-refractivity contribution < 1.29 is 14.0 Å². The number of nitrogens with zero attached hydrogens (tertiary/aromatic N) is 1. The first-order chi connectivity index (χ1) is 30.5. The van der Waals surface area contributed by atoms with Gasteiger partial charge in [0.15, 0.2) is 11.6 Å². The van der Waals surface area contributed by atoms with Gasteiger partial charge in [-0.25, -0.2) is 4.79 Å². The number of hydrogen-bond donors (Lipinski definition) is 0. The van der Waals surface area contributed by atoms with Gasteiger partial charge in [-0.1, -0.05) is 115 Å². The normalized spacial score (nSPS) is 25.0. The number of para-hydroxylation sites is 1. The molecule has 8 aromatic carbocycles. The minimum Gasteiger partial charge on any atom is -0.422 e. The quantitative estimate of drug-likeness (QED) is 0.113. The van der Waals surface area contributed by atoms with Gasteiger partial charge in [0.1, 0.15) is 5.58 Å². The van der Waals surface area contributed by atoms with Gasteiger partial charge in [-0.15, -0.1) is 0 Å². The zero-order valence-electron chi connectivity index (χ0n) is 32.8. The van der Waals surface area contributed by atoms with Gasteiger partial charge < -0.3 is 8.82 Å². The standard InChI is InChI=1S/C57H29NO4/c59-53-35-24-43-31(21-32(35)48-26-11-1-6-16-39(26)56(48)41-18-8-3-13-28(41)50(53)56)34-23-38-46(30-15-5-10-20-45(30)62-55(38)61)47-37-22-33-36(25-44(37)58(43)52(34)47)54(60)51-29-14-4-9-19-42(29)57(51)40-17-7-2-12-27(40)49(33)57/h1-25,48-51H. The summed E-state index contributed by atoms with van der Waals surface area (Å²) in [5.41, 5.74) is 15.6. The Labute approximate surface area is 351 Å². The molecule has 5 nitrogen and oxygen atoms in total. The first-order valence-electron chi connectivity index (χ1n) is 21.7. The van der Waals surface area contributed by atoms with E-state index in [9.17, 15) is 4.79 Å². The van der Waals surface area contributed by atoms with Gasteiger partial charge in [0.2, 0.25) is 0 Å². The lowest BCUT2D eigenvalue weighted by atomic mass is 9.36. The summed E-state index contributed by atoms with van der Waals surface area (Å²) < 4.78 is 8.37. The Morgan fingerprint density at radius 1 is 0.403 bits per heavy atom. The zero-order chi connectivity index (χ0) is 40.3. The predicted octanol–water partition coefficient (Wildman–Crippen LogP) is 11.5. The van der Waals surface area contributed by atoms with Gasteiger partial charge in [0, 0.05) is 66.1 Å². The third-order valence-corrected chi connectivity index (χ3v) is 16.8. The molecule has 0 amide bonds. The molecule has 0 saturated heterocycles. The third kappa shape index (κ3) is 2.87. The Hall–Kier alpha value is -7.63. The topological polar surface area (TPSA) is 68.8 Å². The summed E-state index contributed by atoms with van der Waals surface area (Å²) >= 11 is 0. The van der Waals surface area contributed by atoms with E-state index in [2.05, 4.69) is 126 Å². The Kier molecular flexibility index (Phi) is 4.85.